The number of thioether (sulfide) groups is 1. The van der Waals surface area contributed by atoms with Gasteiger partial charge < -0.3 is 5.32 Å². The minimum absolute atomic E-state index is 0.0494. The highest BCUT2D eigenvalue weighted by Gasteiger charge is 2.33. The molecule has 1 atom stereocenters. The molecule has 142 valence electrons. The number of halogens is 1. The average Bonchev–Trinajstić information content (AvgIpc) is 3.11. The molecule has 0 saturated carbocycles. The van der Waals surface area contributed by atoms with Crippen molar-refractivity contribution in [1.82, 2.24) is 14.8 Å². The molecule has 1 aliphatic rings. The molecule has 0 aliphatic carbocycles. The van der Waals surface area contributed by atoms with E-state index in [-0.39, 0.29) is 18.3 Å². The van der Waals surface area contributed by atoms with Gasteiger partial charge in [-0.05, 0) is 29.8 Å². The Kier molecular flexibility index (Phi) is 5.07. The average molecular weight is 397 g/mol. The van der Waals surface area contributed by atoms with Gasteiger partial charge in [-0.15, -0.1) is 5.10 Å². The van der Waals surface area contributed by atoms with Gasteiger partial charge in [0.2, 0.25) is 22.9 Å². The Labute approximate surface area is 164 Å². The van der Waals surface area contributed by atoms with Crippen LogP contribution < -0.4 is 10.6 Å². The van der Waals surface area contributed by atoms with Gasteiger partial charge in [0.1, 0.15) is 11.9 Å². The summed E-state index contributed by atoms with van der Waals surface area (Å²) in [5.41, 5.74) is 1.56. The zero-order valence-electron chi connectivity index (χ0n) is 14.6. The van der Waals surface area contributed by atoms with E-state index in [9.17, 15) is 14.0 Å². The van der Waals surface area contributed by atoms with Gasteiger partial charge >= 0.3 is 0 Å². The first-order valence-corrected chi connectivity index (χ1v) is 9.56. The molecule has 2 aromatic carbocycles. The molecule has 1 aliphatic heterocycles. The molecule has 28 heavy (non-hydrogen) atoms. The minimum Gasteiger partial charge on any atom is -0.324 e. The molecule has 9 heteroatoms. The number of carbonyl (C=O) groups excluding carboxylic acids is 2. The van der Waals surface area contributed by atoms with Crippen molar-refractivity contribution in [2.75, 3.05) is 10.6 Å². The standard InChI is InChI=1S/C19H16FN5O2S/c20-13-6-8-14(9-7-13)21-17(27)15-10-16(26)22-18-23-19(24-25(15)18)28-11-12-4-2-1-3-5-12/h1-9,15H,10-11H2,(H,21,27)(H,22,23,24,26). The Morgan fingerprint density at radius 3 is 2.71 bits per heavy atom. The molecule has 2 amide bonds. The van der Waals surface area contributed by atoms with Gasteiger partial charge in [0.05, 0.1) is 6.42 Å². The largest absolute Gasteiger partial charge is 0.324 e. The Bertz CT molecular complexity index is 1010. The predicted molar refractivity (Wildman–Crippen MR) is 103 cm³/mol. The summed E-state index contributed by atoms with van der Waals surface area (Å²) in [5.74, 6) is -0.198. The first-order valence-electron chi connectivity index (χ1n) is 8.58. The number of benzene rings is 2. The number of nitrogens with zero attached hydrogens (tertiary/aromatic N) is 3. The molecule has 0 saturated heterocycles. The Balaban J connectivity index is 1.51. The third kappa shape index (κ3) is 4.04. The van der Waals surface area contributed by atoms with Crippen molar-refractivity contribution in [3.05, 3.63) is 66.0 Å². The predicted octanol–water partition coefficient (Wildman–Crippen LogP) is 3.23. The second-order valence-electron chi connectivity index (χ2n) is 6.20. The summed E-state index contributed by atoms with van der Waals surface area (Å²) in [7, 11) is 0. The molecule has 0 bridgehead atoms. The van der Waals surface area contributed by atoms with Gasteiger partial charge in [0, 0.05) is 11.4 Å². The lowest BCUT2D eigenvalue weighted by Crippen LogP contribution is -2.36. The minimum atomic E-state index is -0.827. The lowest BCUT2D eigenvalue weighted by Gasteiger charge is -2.22. The second kappa shape index (κ2) is 7.81. The van der Waals surface area contributed by atoms with Crippen molar-refractivity contribution in [2.24, 2.45) is 0 Å². The zero-order chi connectivity index (χ0) is 19.5. The van der Waals surface area contributed by atoms with Crippen molar-refractivity contribution >= 4 is 35.2 Å². The molecule has 1 unspecified atom stereocenters. The summed E-state index contributed by atoms with van der Waals surface area (Å²) in [5, 5.41) is 10.2. The number of hydrogen-bond acceptors (Lipinski definition) is 5. The highest BCUT2D eigenvalue weighted by Crippen LogP contribution is 2.28. The van der Waals surface area contributed by atoms with Gasteiger partial charge in [0.25, 0.3) is 0 Å². The van der Waals surface area contributed by atoms with Crippen molar-refractivity contribution in [1.29, 1.82) is 0 Å². The summed E-state index contributed by atoms with van der Waals surface area (Å²) in [6, 6.07) is 14.5. The van der Waals surface area contributed by atoms with Crippen LogP contribution in [0, 0.1) is 5.82 Å². The number of fused-ring (bicyclic) bond motifs is 1. The van der Waals surface area contributed by atoms with Gasteiger partial charge in [0.15, 0.2) is 0 Å². The van der Waals surface area contributed by atoms with E-state index in [0.29, 0.717) is 16.6 Å². The molecule has 0 radical (unpaired) electrons. The number of hydrogen-bond donors (Lipinski definition) is 2. The third-order valence-electron chi connectivity index (χ3n) is 4.16. The second-order valence-corrected chi connectivity index (χ2v) is 7.14. The first kappa shape index (κ1) is 18.2. The van der Waals surface area contributed by atoms with Crippen LogP contribution in [0.25, 0.3) is 0 Å². The van der Waals surface area contributed by atoms with Crippen LogP contribution in [0.4, 0.5) is 16.0 Å². The SMILES string of the molecule is O=C1CC(C(=O)Nc2ccc(F)cc2)n2nc(SCc3ccccc3)nc2N1. The van der Waals surface area contributed by atoms with E-state index in [4.69, 9.17) is 0 Å². The number of amides is 2. The first-order chi connectivity index (χ1) is 13.6. The number of carbonyl (C=O) groups is 2. The number of rotatable bonds is 5. The smallest absolute Gasteiger partial charge is 0.249 e. The summed E-state index contributed by atoms with van der Waals surface area (Å²) < 4.78 is 14.5. The van der Waals surface area contributed by atoms with Crippen molar-refractivity contribution < 1.29 is 14.0 Å². The molecule has 7 nitrogen and oxygen atoms in total. The molecule has 0 fully saturated rings. The van der Waals surface area contributed by atoms with E-state index < -0.39 is 17.8 Å². The maximum absolute atomic E-state index is 13.0. The van der Waals surface area contributed by atoms with Crippen LogP contribution >= 0.6 is 11.8 Å². The molecule has 2 heterocycles. The normalized spacial score (nSPS) is 15.6. The monoisotopic (exact) mass is 397 g/mol. The Morgan fingerprint density at radius 2 is 1.96 bits per heavy atom. The van der Waals surface area contributed by atoms with E-state index >= 15 is 0 Å². The molecule has 1 aromatic heterocycles. The molecule has 2 N–H and O–H groups in total. The Morgan fingerprint density at radius 1 is 1.21 bits per heavy atom. The van der Waals surface area contributed by atoms with Crippen molar-refractivity contribution in [3.63, 3.8) is 0 Å². The lowest BCUT2D eigenvalue weighted by molar-refractivity contribution is -0.125. The number of anilines is 2. The van der Waals surface area contributed by atoms with E-state index in [1.165, 1.54) is 40.7 Å². The summed E-state index contributed by atoms with van der Waals surface area (Å²) in [6.45, 7) is 0. The van der Waals surface area contributed by atoms with Crippen LogP contribution in [0.2, 0.25) is 0 Å². The maximum Gasteiger partial charge on any atom is 0.249 e. The quantitative estimate of drug-likeness (QED) is 0.646. The fraction of sp³-hybridized carbons (Fsp3) is 0.158. The summed E-state index contributed by atoms with van der Waals surface area (Å²) in [4.78, 5) is 29.0. The lowest BCUT2D eigenvalue weighted by atomic mass is 10.1. The van der Waals surface area contributed by atoms with Gasteiger partial charge in [-0.1, -0.05) is 42.1 Å². The highest BCUT2D eigenvalue weighted by molar-refractivity contribution is 7.98. The van der Waals surface area contributed by atoms with E-state index in [0.717, 1.165) is 5.56 Å². The van der Waals surface area contributed by atoms with Crippen LogP contribution in [0.15, 0.2) is 59.8 Å². The fourth-order valence-corrected chi connectivity index (χ4v) is 3.57. The highest BCUT2D eigenvalue weighted by atomic mass is 32.2. The van der Waals surface area contributed by atoms with E-state index in [2.05, 4.69) is 20.7 Å². The van der Waals surface area contributed by atoms with Gasteiger partial charge in [-0.25, -0.2) is 9.07 Å². The molecule has 4 rings (SSSR count). The molecular formula is C19H16FN5O2S. The van der Waals surface area contributed by atoms with E-state index in [1.807, 2.05) is 30.3 Å². The molecule has 0 spiro atoms. The van der Waals surface area contributed by atoms with Crippen LogP contribution in [0.5, 0.6) is 0 Å². The molecular weight excluding hydrogens is 381 g/mol. The topological polar surface area (TPSA) is 88.9 Å². The van der Waals surface area contributed by atoms with Crippen molar-refractivity contribution in [2.45, 2.75) is 23.4 Å². The number of nitrogens with one attached hydrogen (secondary N) is 2. The van der Waals surface area contributed by atoms with Gasteiger partial charge in [-0.2, -0.15) is 4.98 Å². The van der Waals surface area contributed by atoms with Crippen LogP contribution in [-0.2, 0) is 15.3 Å². The van der Waals surface area contributed by atoms with E-state index in [1.54, 1.807) is 0 Å². The maximum atomic E-state index is 13.0. The van der Waals surface area contributed by atoms with Crippen molar-refractivity contribution in [3.8, 4) is 0 Å². The van der Waals surface area contributed by atoms with Crippen LogP contribution in [-0.4, -0.2) is 26.6 Å². The third-order valence-corrected chi connectivity index (χ3v) is 5.07. The summed E-state index contributed by atoms with van der Waals surface area (Å²) >= 11 is 1.42. The van der Waals surface area contributed by atoms with Crippen LogP contribution in [0.3, 0.4) is 0 Å². The Hall–Kier alpha value is -3.20. The molecule has 3 aromatic rings. The zero-order valence-corrected chi connectivity index (χ0v) is 15.4. The fourth-order valence-electron chi connectivity index (χ4n) is 2.79. The number of aromatic nitrogens is 3. The summed E-state index contributed by atoms with van der Waals surface area (Å²) in [6.07, 6.45) is -0.0494. The van der Waals surface area contributed by atoms with Gasteiger partial charge in [-0.3, -0.25) is 14.9 Å². The van der Waals surface area contributed by atoms with Crippen LogP contribution in [0.1, 0.15) is 18.0 Å².